The molecule has 0 bridgehead atoms. The fraction of sp³-hybridized carbons (Fsp3) is 0.250. The van der Waals surface area contributed by atoms with Crippen LogP contribution in [0.4, 0.5) is 10.1 Å². The lowest BCUT2D eigenvalue weighted by Gasteiger charge is -2.26. The number of benzene rings is 2. The minimum Gasteiger partial charge on any atom is -0.490 e. The fourth-order valence-electron chi connectivity index (χ4n) is 2.48. The van der Waals surface area contributed by atoms with E-state index in [4.69, 9.17) is 4.74 Å². The predicted octanol–water partition coefficient (Wildman–Crippen LogP) is 3.80. The maximum absolute atomic E-state index is 13.5. The number of ether oxygens (including phenoxy) is 1. The first-order chi connectivity index (χ1) is 9.34. The molecule has 0 saturated heterocycles. The van der Waals surface area contributed by atoms with Gasteiger partial charge in [0.1, 0.15) is 0 Å². The lowest BCUT2D eigenvalue weighted by atomic mass is 9.92. The van der Waals surface area contributed by atoms with Crippen LogP contribution in [0, 0.1) is 5.82 Å². The Bertz CT molecular complexity index is 570. The Hall–Kier alpha value is -2.03. The van der Waals surface area contributed by atoms with E-state index in [1.54, 1.807) is 18.2 Å². The van der Waals surface area contributed by atoms with Gasteiger partial charge in [0.05, 0.1) is 6.61 Å². The first-order valence-electron chi connectivity index (χ1n) is 6.55. The molecule has 3 heteroatoms. The summed E-state index contributed by atoms with van der Waals surface area (Å²) in [6.45, 7) is 1.45. The average molecular weight is 257 g/mol. The number of nitrogens with one attached hydrogen (secondary N) is 1. The van der Waals surface area contributed by atoms with E-state index in [1.807, 2.05) is 12.1 Å². The summed E-state index contributed by atoms with van der Waals surface area (Å²) >= 11 is 0. The van der Waals surface area contributed by atoms with Crippen molar-refractivity contribution in [3.63, 3.8) is 0 Å². The normalized spacial score (nSPS) is 17.4. The maximum atomic E-state index is 13.5. The molecule has 1 aliphatic heterocycles. The SMILES string of the molecule is Fc1ccccc1OCC1CCNc2ccccc21. The van der Waals surface area contributed by atoms with Gasteiger partial charge in [-0.15, -0.1) is 0 Å². The van der Waals surface area contributed by atoms with Gasteiger partial charge >= 0.3 is 0 Å². The molecule has 1 aliphatic rings. The fourth-order valence-corrected chi connectivity index (χ4v) is 2.48. The number of halogens is 1. The molecule has 0 amide bonds. The van der Waals surface area contributed by atoms with Gasteiger partial charge in [-0.25, -0.2) is 4.39 Å². The van der Waals surface area contributed by atoms with E-state index >= 15 is 0 Å². The molecule has 19 heavy (non-hydrogen) atoms. The number of fused-ring (bicyclic) bond motifs is 1. The quantitative estimate of drug-likeness (QED) is 0.903. The molecule has 98 valence electrons. The molecule has 1 atom stereocenters. The van der Waals surface area contributed by atoms with Crippen LogP contribution < -0.4 is 10.1 Å². The van der Waals surface area contributed by atoms with Crippen molar-refractivity contribution in [1.29, 1.82) is 0 Å². The molecule has 1 heterocycles. The zero-order valence-corrected chi connectivity index (χ0v) is 10.6. The summed E-state index contributed by atoms with van der Waals surface area (Å²) < 4.78 is 19.1. The summed E-state index contributed by atoms with van der Waals surface area (Å²) in [5.74, 6) is 0.347. The van der Waals surface area contributed by atoms with Gasteiger partial charge in [0.2, 0.25) is 0 Å². The van der Waals surface area contributed by atoms with Gasteiger partial charge in [-0.1, -0.05) is 30.3 Å². The third kappa shape index (κ3) is 2.55. The highest BCUT2D eigenvalue weighted by atomic mass is 19.1. The number of hydrogen-bond donors (Lipinski definition) is 1. The first-order valence-corrected chi connectivity index (χ1v) is 6.55. The zero-order chi connectivity index (χ0) is 13.1. The lowest BCUT2D eigenvalue weighted by Crippen LogP contribution is -2.21. The van der Waals surface area contributed by atoms with Crippen LogP contribution in [0.2, 0.25) is 0 Å². The second-order valence-electron chi connectivity index (χ2n) is 4.74. The summed E-state index contributed by atoms with van der Waals surface area (Å²) in [7, 11) is 0. The number of hydrogen-bond acceptors (Lipinski definition) is 2. The molecule has 1 N–H and O–H groups in total. The molecule has 0 fully saturated rings. The Morgan fingerprint density at radius 1 is 1.11 bits per heavy atom. The Balaban J connectivity index is 1.73. The summed E-state index contributed by atoms with van der Waals surface area (Å²) in [4.78, 5) is 0. The van der Waals surface area contributed by atoms with E-state index < -0.39 is 0 Å². The topological polar surface area (TPSA) is 21.3 Å². The van der Waals surface area contributed by atoms with Gasteiger partial charge in [0.15, 0.2) is 11.6 Å². The van der Waals surface area contributed by atoms with Gasteiger partial charge in [0, 0.05) is 18.2 Å². The molecule has 2 nitrogen and oxygen atoms in total. The van der Waals surface area contributed by atoms with Crippen molar-refractivity contribution in [3.8, 4) is 5.75 Å². The molecule has 0 aliphatic carbocycles. The van der Waals surface area contributed by atoms with Gasteiger partial charge in [-0.2, -0.15) is 0 Å². The van der Waals surface area contributed by atoms with Gasteiger partial charge in [-0.05, 0) is 30.2 Å². The van der Waals surface area contributed by atoms with Crippen molar-refractivity contribution >= 4 is 5.69 Å². The third-order valence-corrected chi connectivity index (χ3v) is 3.49. The highest BCUT2D eigenvalue weighted by Gasteiger charge is 2.20. The molecule has 0 saturated carbocycles. The molecule has 0 aromatic heterocycles. The minimum absolute atomic E-state index is 0.301. The summed E-state index contributed by atoms with van der Waals surface area (Å²) in [5, 5.41) is 3.37. The van der Waals surface area contributed by atoms with Crippen LogP contribution in [0.15, 0.2) is 48.5 Å². The van der Waals surface area contributed by atoms with Crippen molar-refractivity contribution in [2.45, 2.75) is 12.3 Å². The van der Waals surface area contributed by atoms with E-state index in [0.717, 1.165) is 18.7 Å². The van der Waals surface area contributed by atoms with Crippen molar-refractivity contribution < 1.29 is 9.13 Å². The number of rotatable bonds is 3. The van der Waals surface area contributed by atoms with Crippen molar-refractivity contribution in [3.05, 3.63) is 59.9 Å². The highest BCUT2D eigenvalue weighted by molar-refractivity contribution is 5.54. The molecular weight excluding hydrogens is 241 g/mol. The van der Waals surface area contributed by atoms with Crippen molar-refractivity contribution in [1.82, 2.24) is 0 Å². The Labute approximate surface area is 112 Å². The van der Waals surface area contributed by atoms with Crippen LogP contribution in [0.1, 0.15) is 17.9 Å². The third-order valence-electron chi connectivity index (χ3n) is 3.49. The van der Waals surface area contributed by atoms with Crippen LogP contribution in [-0.4, -0.2) is 13.2 Å². The van der Waals surface area contributed by atoms with E-state index in [1.165, 1.54) is 11.6 Å². The van der Waals surface area contributed by atoms with Gasteiger partial charge < -0.3 is 10.1 Å². The number of anilines is 1. The smallest absolute Gasteiger partial charge is 0.165 e. The summed E-state index contributed by atoms with van der Waals surface area (Å²) in [5.41, 5.74) is 2.42. The zero-order valence-electron chi connectivity index (χ0n) is 10.6. The Kier molecular flexibility index (Phi) is 3.36. The van der Waals surface area contributed by atoms with E-state index in [0.29, 0.717) is 18.3 Å². The van der Waals surface area contributed by atoms with Crippen molar-refractivity contribution in [2.24, 2.45) is 0 Å². The average Bonchev–Trinajstić information content (AvgIpc) is 2.46. The molecule has 0 radical (unpaired) electrons. The monoisotopic (exact) mass is 257 g/mol. The summed E-state index contributed by atoms with van der Waals surface area (Å²) in [6, 6.07) is 14.8. The van der Waals surface area contributed by atoms with Crippen LogP contribution in [-0.2, 0) is 0 Å². The van der Waals surface area contributed by atoms with Gasteiger partial charge in [-0.3, -0.25) is 0 Å². The first kappa shape index (κ1) is 12.0. The molecular formula is C16H16FNO. The van der Waals surface area contributed by atoms with E-state index in [9.17, 15) is 4.39 Å². The minimum atomic E-state index is -0.301. The van der Waals surface area contributed by atoms with Crippen LogP contribution in [0.3, 0.4) is 0 Å². The molecule has 2 aromatic rings. The standard InChI is InChI=1S/C16H16FNO/c17-14-6-2-4-8-16(14)19-11-12-9-10-18-15-7-3-1-5-13(12)15/h1-8,12,18H,9-11H2. The van der Waals surface area contributed by atoms with Gasteiger partial charge in [0.25, 0.3) is 0 Å². The lowest BCUT2D eigenvalue weighted by molar-refractivity contribution is 0.269. The van der Waals surface area contributed by atoms with Crippen molar-refractivity contribution in [2.75, 3.05) is 18.5 Å². The van der Waals surface area contributed by atoms with Crippen LogP contribution in [0.5, 0.6) is 5.75 Å². The Morgan fingerprint density at radius 3 is 2.79 bits per heavy atom. The largest absolute Gasteiger partial charge is 0.490 e. The summed E-state index contributed by atoms with van der Waals surface area (Å²) in [6.07, 6.45) is 1.01. The van der Waals surface area contributed by atoms with E-state index in [2.05, 4.69) is 17.4 Å². The molecule has 2 aromatic carbocycles. The molecule has 0 spiro atoms. The van der Waals surface area contributed by atoms with E-state index in [-0.39, 0.29) is 5.82 Å². The van der Waals surface area contributed by atoms with Crippen LogP contribution in [0.25, 0.3) is 0 Å². The second-order valence-corrected chi connectivity index (χ2v) is 4.74. The predicted molar refractivity (Wildman–Crippen MR) is 74.2 cm³/mol. The molecule has 3 rings (SSSR count). The molecule has 1 unspecified atom stereocenters. The highest BCUT2D eigenvalue weighted by Crippen LogP contribution is 2.32. The number of para-hydroxylation sites is 2. The maximum Gasteiger partial charge on any atom is 0.165 e. The van der Waals surface area contributed by atoms with Crippen LogP contribution >= 0.6 is 0 Å². The second kappa shape index (κ2) is 5.31. The Morgan fingerprint density at radius 2 is 1.89 bits per heavy atom.